The second kappa shape index (κ2) is 7.83. The van der Waals surface area contributed by atoms with Crippen LogP contribution in [-0.2, 0) is 4.79 Å². The number of nitro benzene ring substituents is 1. The molecule has 0 saturated carbocycles. The van der Waals surface area contributed by atoms with Crippen LogP contribution in [0, 0.1) is 10.1 Å². The summed E-state index contributed by atoms with van der Waals surface area (Å²) in [5.41, 5.74) is 0.919. The van der Waals surface area contributed by atoms with Crippen molar-refractivity contribution in [1.29, 1.82) is 0 Å². The number of carbonyl (C=O) groups is 1. The molecule has 7 nitrogen and oxygen atoms in total. The van der Waals surface area contributed by atoms with Gasteiger partial charge in [0.25, 0.3) is 5.69 Å². The van der Waals surface area contributed by atoms with Gasteiger partial charge < -0.3 is 10.0 Å². The fourth-order valence-electron chi connectivity index (χ4n) is 2.60. The van der Waals surface area contributed by atoms with E-state index in [0.29, 0.717) is 12.1 Å². The molecule has 0 aromatic heterocycles. The number of aliphatic hydroxyl groups is 1. The fourth-order valence-corrected chi connectivity index (χ4v) is 2.60. The molecule has 0 spiro atoms. The van der Waals surface area contributed by atoms with Crippen LogP contribution in [0.15, 0.2) is 40.6 Å². The zero-order valence-electron chi connectivity index (χ0n) is 13.8. The van der Waals surface area contributed by atoms with Crippen LogP contribution in [0.5, 0.6) is 0 Å². The maximum atomic E-state index is 12.3. The van der Waals surface area contributed by atoms with Crippen molar-refractivity contribution in [3.05, 3.63) is 51.3 Å². The summed E-state index contributed by atoms with van der Waals surface area (Å²) < 4.78 is 0. The second-order valence-electron chi connectivity index (χ2n) is 6.08. The Morgan fingerprint density at radius 1 is 1.42 bits per heavy atom. The third-order valence-corrected chi connectivity index (χ3v) is 3.93. The van der Waals surface area contributed by atoms with Crippen LogP contribution in [-0.4, -0.2) is 54.1 Å². The molecule has 1 N–H and O–H groups in total. The third kappa shape index (κ3) is 4.48. The molecule has 1 unspecified atom stereocenters. The number of hydrogen-bond acceptors (Lipinski definition) is 6. The second-order valence-corrected chi connectivity index (χ2v) is 6.08. The van der Waals surface area contributed by atoms with Crippen molar-refractivity contribution < 1.29 is 14.8 Å². The number of allylic oxidation sites excluding steroid dienone is 2. The summed E-state index contributed by atoms with van der Waals surface area (Å²) in [7, 11) is 3.86. The highest BCUT2D eigenvalue weighted by atomic mass is 16.6. The largest absolute Gasteiger partial charge is 0.511 e. The number of benzene rings is 1. The molecule has 0 radical (unpaired) electrons. The molecule has 0 aliphatic heterocycles. The zero-order chi connectivity index (χ0) is 17.7. The molecule has 1 atom stereocenters. The highest BCUT2D eigenvalue weighted by molar-refractivity contribution is 6.14. The van der Waals surface area contributed by atoms with E-state index in [4.69, 9.17) is 0 Å². The molecule has 0 saturated heterocycles. The minimum absolute atomic E-state index is 0.00337. The van der Waals surface area contributed by atoms with E-state index in [2.05, 4.69) is 4.99 Å². The molecular formula is C17H21N3O4. The van der Waals surface area contributed by atoms with Gasteiger partial charge >= 0.3 is 0 Å². The fraction of sp³-hybridized carbons (Fsp3) is 0.412. The summed E-state index contributed by atoms with van der Waals surface area (Å²) in [5, 5.41) is 21.1. The molecule has 1 aliphatic rings. The number of carbonyl (C=O) groups excluding carboxylic acids is 1. The van der Waals surface area contributed by atoms with Crippen LogP contribution in [0.4, 0.5) is 5.69 Å². The van der Waals surface area contributed by atoms with Gasteiger partial charge in [-0.3, -0.25) is 19.9 Å². The molecule has 0 heterocycles. The van der Waals surface area contributed by atoms with Crippen molar-refractivity contribution >= 4 is 17.7 Å². The molecule has 128 valence electrons. The van der Waals surface area contributed by atoms with Crippen LogP contribution in [0.2, 0.25) is 0 Å². The average Bonchev–Trinajstić information content (AvgIpc) is 2.53. The molecule has 1 aromatic rings. The number of non-ortho nitro benzene ring substituents is 1. The van der Waals surface area contributed by atoms with Crippen LogP contribution in [0.25, 0.3) is 0 Å². The van der Waals surface area contributed by atoms with Crippen LogP contribution in [0.1, 0.15) is 24.3 Å². The van der Waals surface area contributed by atoms with Gasteiger partial charge in [-0.2, -0.15) is 0 Å². The summed E-state index contributed by atoms with van der Waals surface area (Å²) >= 11 is 0. The number of aliphatic imine (C=N–C) groups is 1. The van der Waals surface area contributed by atoms with E-state index in [1.807, 2.05) is 19.0 Å². The Bertz CT molecular complexity index is 695. The number of hydrogen-bond donors (Lipinski definition) is 1. The summed E-state index contributed by atoms with van der Waals surface area (Å²) in [6.07, 6.45) is 1.92. The lowest BCUT2D eigenvalue weighted by Gasteiger charge is -2.22. The third-order valence-electron chi connectivity index (χ3n) is 3.93. The SMILES string of the molecule is CN(C)CCN=CC1=C(O)CC(c2cccc([N+](=O)[O-])c2)CC1=O. The number of rotatable bonds is 6. The quantitative estimate of drug-likeness (QED) is 0.491. The van der Waals surface area contributed by atoms with E-state index in [0.717, 1.165) is 6.54 Å². The van der Waals surface area contributed by atoms with Gasteiger partial charge in [0.15, 0.2) is 5.78 Å². The van der Waals surface area contributed by atoms with Crippen LogP contribution < -0.4 is 0 Å². The van der Waals surface area contributed by atoms with Gasteiger partial charge in [0, 0.05) is 37.7 Å². The molecule has 1 aromatic carbocycles. The number of nitrogens with zero attached hydrogens (tertiary/aromatic N) is 3. The lowest BCUT2D eigenvalue weighted by atomic mass is 9.83. The molecule has 0 fully saturated rings. The van der Waals surface area contributed by atoms with Gasteiger partial charge in [-0.1, -0.05) is 12.1 Å². The van der Waals surface area contributed by atoms with Crippen molar-refractivity contribution in [2.45, 2.75) is 18.8 Å². The lowest BCUT2D eigenvalue weighted by molar-refractivity contribution is -0.384. The molecule has 7 heteroatoms. The first-order valence-corrected chi connectivity index (χ1v) is 7.72. The van der Waals surface area contributed by atoms with E-state index in [1.54, 1.807) is 12.1 Å². The van der Waals surface area contributed by atoms with Crippen LogP contribution in [0.3, 0.4) is 0 Å². The summed E-state index contributed by atoms with van der Waals surface area (Å²) in [4.78, 5) is 28.8. The van der Waals surface area contributed by atoms with Crippen molar-refractivity contribution in [2.24, 2.45) is 4.99 Å². The Morgan fingerprint density at radius 2 is 2.17 bits per heavy atom. The number of nitro groups is 1. The predicted molar refractivity (Wildman–Crippen MR) is 91.6 cm³/mol. The zero-order valence-corrected chi connectivity index (χ0v) is 13.8. The van der Waals surface area contributed by atoms with Gasteiger partial charge in [0.1, 0.15) is 5.76 Å². The number of likely N-dealkylation sites (N-methyl/N-ethyl adjacent to an activating group) is 1. The van der Waals surface area contributed by atoms with Crippen molar-refractivity contribution in [3.63, 3.8) is 0 Å². The first-order chi connectivity index (χ1) is 11.4. The van der Waals surface area contributed by atoms with Gasteiger partial charge in [0.05, 0.1) is 17.0 Å². The highest BCUT2D eigenvalue weighted by Gasteiger charge is 2.28. The first-order valence-electron chi connectivity index (χ1n) is 7.72. The van der Waals surface area contributed by atoms with Gasteiger partial charge in [0.2, 0.25) is 0 Å². The Hall–Kier alpha value is -2.54. The number of ketones is 1. The molecule has 24 heavy (non-hydrogen) atoms. The minimum Gasteiger partial charge on any atom is -0.511 e. The van der Waals surface area contributed by atoms with E-state index in [1.165, 1.54) is 18.3 Å². The highest BCUT2D eigenvalue weighted by Crippen LogP contribution is 2.34. The first kappa shape index (κ1) is 17.8. The molecule has 2 rings (SSSR count). The van der Waals surface area contributed by atoms with Gasteiger partial charge in [-0.05, 0) is 25.6 Å². The van der Waals surface area contributed by atoms with E-state index >= 15 is 0 Å². The Kier molecular flexibility index (Phi) is 5.81. The van der Waals surface area contributed by atoms with Gasteiger partial charge in [-0.15, -0.1) is 0 Å². The number of Topliss-reactive ketones (excluding diaryl/α,β-unsaturated/α-hetero) is 1. The van der Waals surface area contributed by atoms with Crippen molar-refractivity contribution in [2.75, 3.05) is 27.2 Å². The number of aliphatic hydroxyl groups excluding tert-OH is 1. The Labute approximate surface area is 140 Å². The lowest BCUT2D eigenvalue weighted by Crippen LogP contribution is -2.20. The van der Waals surface area contributed by atoms with E-state index in [9.17, 15) is 20.0 Å². The Balaban J connectivity index is 2.13. The summed E-state index contributed by atoms with van der Waals surface area (Å²) in [6.45, 7) is 1.31. The normalized spacial score (nSPS) is 18.6. The van der Waals surface area contributed by atoms with E-state index in [-0.39, 0.29) is 41.6 Å². The van der Waals surface area contributed by atoms with Crippen molar-refractivity contribution in [3.8, 4) is 0 Å². The maximum absolute atomic E-state index is 12.3. The molecular weight excluding hydrogens is 310 g/mol. The van der Waals surface area contributed by atoms with Crippen molar-refractivity contribution in [1.82, 2.24) is 4.90 Å². The molecule has 0 amide bonds. The molecule has 1 aliphatic carbocycles. The molecule has 0 bridgehead atoms. The van der Waals surface area contributed by atoms with Crippen LogP contribution >= 0.6 is 0 Å². The summed E-state index contributed by atoms with van der Waals surface area (Å²) in [6, 6.07) is 6.21. The van der Waals surface area contributed by atoms with E-state index < -0.39 is 4.92 Å². The maximum Gasteiger partial charge on any atom is 0.269 e. The average molecular weight is 331 g/mol. The predicted octanol–water partition coefficient (Wildman–Crippen LogP) is 2.49. The summed E-state index contributed by atoms with van der Waals surface area (Å²) in [5.74, 6) is -0.448. The van der Waals surface area contributed by atoms with Gasteiger partial charge in [-0.25, -0.2) is 0 Å². The topological polar surface area (TPSA) is 96.0 Å². The monoisotopic (exact) mass is 331 g/mol. The standard InChI is InChI=1S/C17H21N3O4/c1-19(2)7-6-18-11-15-16(21)9-13(10-17(15)22)12-4-3-5-14(8-12)20(23)24/h3-5,8,11,13,21H,6-7,9-10H2,1-2H3. The Morgan fingerprint density at radius 3 is 2.79 bits per heavy atom. The smallest absolute Gasteiger partial charge is 0.269 e. The minimum atomic E-state index is -0.466.